The summed E-state index contributed by atoms with van der Waals surface area (Å²) in [7, 11) is 3.25. The van der Waals surface area contributed by atoms with Gasteiger partial charge in [0.05, 0.1) is 20.8 Å². The zero-order valence-corrected chi connectivity index (χ0v) is 21.5. The molecule has 186 valence electrons. The number of aromatic amines is 1. The molecule has 8 heteroatoms. The van der Waals surface area contributed by atoms with Crippen LogP contribution in [0.1, 0.15) is 22.3 Å². The highest BCUT2D eigenvalue weighted by Gasteiger charge is 2.15. The fraction of sp³-hybridized carbons (Fsp3) is 0.250. The van der Waals surface area contributed by atoms with Gasteiger partial charge in [-0.2, -0.15) is 0 Å². The van der Waals surface area contributed by atoms with E-state index in [4.69, 9.17) is 21.7 Å². The van der Waals surface area contributed by atoms with Crippen molar-refractivity contribution in [2.24, 2.45) is 0 Å². The number of hydrogen-bond acceptors (Lipinski definition) is 5. The van der Waals surface area contributed by atoms with E-state index in [1.807, 2.05) is 72.6 Å². The molecule has 0 fully saturated rings. The van der Waals surface area contributed by atoms with E-state index in [1.165, 1.54) is 0 Å². The molecule has 2 aromatic carbocycles. The third-order valence-corrected chi connectivity index (χ3v) is 6.36. The summed E-state index contributed by atoms with van der Waals surface area (Å²) >= 11 is 5.77. The first kappa shape index (κ1) is 25.2. The summed E-state index contributed by atoms with van der Waals surface area (Å²) in [6.45, 7) is 3.54. The number of fused-ring (bicyclic) bond motifs is 1. The highest BCUT2D eigenvalue weighted by atomic mass is 32.1. The standard InChI is InChI=1S/C28H30N4O3S/c1-19-6-8-22-15-23(27(33)31-24(22)13-19)18-32(17-21-5-4-11-29-16-21)28(36)30-12-10-20-7-9-25(34-2)26(14-20)35-3/h4-9,11,13-16H,10,12,17-18H2,1-3H3,(H,30,36)(H,31,33). The van der Waals surface area contributed by atoms with E-state index in [-0.39, 0.29) is 5.56 Å². The lowest BCUT2D eigenvalue weighted by Crippen LogP contribution is -2.40. The van der Waals surface area contributed by atoms with Crippen molar-refractivity contribution in [2.45, 2.75) is 26.4 Å². The van der Waals surface area contributed by atoms with Crippen LogP contribution in [0.3, 0.4) is 0 Å². The maximum atomic E-state index is 12.9. The number of nitrogens with zero attached hydrogens (tertiary/aromatic N) is 2. The minimum atomic E-state index is -0.114. The lowest BCUT2D eigenvalue weighted by molar-refractivity contribution is 0.354. The van der Waals surface area contributed by atoms with Crippen molar-refractivity contribution in [1.82, 2.24) is 20.2 Å². The molecule has 0 amide bonds. The van der Waals surface area contributed by atoms with Gasteiger partial charge in [0.1, 0.15) is 0 Å². The molecule has 0 aliphatic rings. The topological polar surface area (TPSA) is 79.5 Å². The number of aromatic nitrogens is 2. The van der Waals surface area contributed by atoms with Crippen molar-refractivity contribution in [3.8, 4) is 11.5 Å². The van der Waals surface area contributed by atoms with Crippen LogP contribution in [-0.4, -0.2) is 40.7 Å². The molecule has 7 nitrogen and oxygen atoms in total. The Morgan fingerprint density at radius 3 is 2.61 bits per heavy atom. The zero-order chi connectivity index (χ0) is 25.5. The monoisotopic (exact) mass is 502 g/mol. The van der Waals surface area contributed by atoms with E-state index in [2.05, 4.69) is 15.3 Å². The van der Waals surface area contributed by atoms with Gasteiger partial charge >= 0.3 is 0 Å². The molecule has 0 unspecified atom stereocenters. The molecule has 2 N–H and O–H groups in total. The lowest BCUT2D eigenvalue weighted by atomic mass is 10.1. The summed E-state index contributed by atoms with van der Waals surface area (Å²) in [6.07, 6.45) is 4.30. The maximum absolute atomic E-state index is 12.9. The Kier molecular flexibility index (Phi) is 8.17. The fourth-order valence-electron chi connectivity index (χ4n) is 4.06. The number of pyridine rings is 2. The molecule has 4 rings (SSSR count). The van der Waals surface area contributed by atoms with Crippen LogP contribution in [0, 0.1) is 6.92 Å². The van der Waals surface area contributed by atoms with E-state index in [1.54, 1.807) is 20.4 Å². The average Bonchev–Trinajstić information content (AvgIpc) is 2.89. The summed E-state index contributed by atoms with van der Waals surface area (Å²) < 4.78 is 10.7. The van der Waals surface area contributed by atoms with Gasteiger partial charge in [-0.3, -0.25) is 9.78 Å². The van der Waals surface area contributed by atoms with Gasteiger partial charge in [-0.1, -0.05) is 24.3 Å². The van der Waals surface area contributed by atoms with Crippen molar-refractivity contribution in [3.63, 3.8) is 0 Å². The Labute approximate surface area is 216 Å². The number of hydrogen-bond donors (Lipinski definition) is 2. The second-order valence-corrected chi connectivity index (χ2v) is 8.99. The van der Waals surface area contributed by atoms with Crippen molar-refractivity contribution in [1.29, 1.82) is 0 Å². The maximum Gasteiger partial charge on any atom is 0.253 e. The third kappa shape index (κ3) is 6.20. The van der Waals surface area contributed by atoms with Gasteiger partial charge in [-0.15, -0.1) is 0 Å². The van der Waals surface area contributed by atoms with E-state index < -0.39 is 0 Å². The number of methoxy groups -OCH3 is 2. The van der Waals surface area contributed by atoms with Gasteiger partial charge in [0.15, 0.2) is 16.6 Å². The molecule has 4 aromatic rings. The van der Waals surface area contributed by atoms with Gasteiger partial charge in [-0.05, 0) is 78.0 Å². The molecule has 0 bridgehead atoms. The molecular formula is C28H30N4O3S. The highest BCUT2D eigenvalue weighted by molar-refractivity contribution is 7.80. The summed E-state index contributed by atoms with van der Waals surface area (Å²) in [6, 6.07) is 17.8. The van der Waals surface area contributed by atoms with E-state index >= 15 is 0 Å². The van der Waals surface area contributed by atoms with Crippen LogP contribution in [0.5, 0.6) is 11.5 Å². The predicted molar refractivity (Wildman–Crippen MR) is 147 cm³/mol. The second kappa shape index (κ2) is 11.7. The Hall–Kier alpha value is -3.91. The van der Waals surface area contributed by atoms with E-state index in [0.717, 1.165) is 34.0 Å². The molecule has 0 aliphatic carbocycles. The minimum absolute atomic E-state index is 0.114. The Morgan fingerprint density at radius 2 is 1.86 bits per heavy atom. The average molecular weight is 503 g/mol. The SMILES string of the molecule is COc1ccc(CCNC(=S)N(Cc2cccnc2)Cc2cc3ccc(C)cc3[nH]c2=O)cc1OC. The number of nitrogens with one attached hydrogen (secondary N) is 2. The van der Waals surface area contributed by atoms with E-state index in [0.29, 0.717) is 41.8 Å². The molecule has 0 radical (unpaired) electrons. The van der Waals surface area contributed by atoms with E-state index in [9.17, 15) is 4.79 Å². The first-order valence-electron chi connectivity index (χ1n) is 11.7. The summed E-state index contributed by atoms with van der Waals surface area (Å²) in [5.74, 6) is 1.39. The lowest BCUT2D eigenvalue weighted by Gasteiger charge is -2.26. The Bertz CT molecular complexity index is 1410. The van der Waals surface area contributed by atoms with Crippen molar-refractivity contribution < 1.29 is 9.47 Å². The highest BCUT2D eigenvalue weighted by Crippen LogP contribution is 2.27. The van der Waals surface area contributed by atoms with Crippen LogP contribution in [-0.2, 0) is 19.5 Å². The molecular weight excluding hydrogens is 472 g/mol. The van der Waals surface area contributed by atoms with Crippen LogP contribution >= 0.6 is 12.2 Å². The molecule has 0 spiro atoms. The van der Waals surface area contributed by atoms with Gasteiger partial charge in [0, 0.05) is 36.6 Å². The van der Waals surface area contributed by atoms with Gasteiger partial charge in [-0.25, -0.2) is 0 Å². The first-order valence-corrected chi connectivity index (χ1v) is 12.1. The molecule has 2 heterocycles. The van der Waals surface area contributed by atoms with Gasteiger partial charge < -0.3 is 24.7 Å². The molecule has 0 atom stereocenters. The number of H-pyrrole nitrogens is 1. The predicted octanol–water partition coefficient (Wildman–Crippen LogP) is 4.37. The van der Waals surface area contributed by atoms with Crippen LogP contribution < -0.4 is 20.3 Å². The van der Waals surface area contributed by atoms with Crippen molar-refractivity contribution in [3.05, 3.63) is 99.6 Å². The summed E-state index contributed by atoms with van der Waals surface area (Å²) in [5.41, 5.74) is 4.58. The number of benzene rings is 2. The van der Waals surface area contributed by atoms with Crippen LogP contribution in [0.15, 0.2) is 71.8 Å². The molecule has 2 aromatic heterocycles. The zero-order valence-electron chi connectivity index (χ0n) is 20.7. The third-order valence-electron chi connectivity index (χ3n) is 5.96. The van der Waals surface area contributed by atoms with Gasteiger partial charge in [0.2, 0.25) is 0 Å². The van der Waals surface area contributed by atoms with Crippen molar-refractivity contribution in [2.75, 3.05) is 20.8 Å². The van der Waals surface area contributed by atoms with Gasteiger partial charge in [0.25, 0.3) is 5.56 Å². The first-order chi connectivity index (χ1) is 17.5. The fourth-order valence-corrected chi connectivity index (χ4v) is 4.29. The Morgan fingerprint density at radius 1 is 1.03 bits per heavy atom. The smallest absolute Gasteiger partial charge is 0.253 e. The molecule has 0 saturated carbocycles. The minimum Gasteiger partial charge on any atom is -0.493 e. The summed E-state index contributed by atoms with van der Waals surface area (Å²) in [5, 5.41) is 4.92. The van der Waals surface area contributed by atoms with Crippen LogP contribution in [0.2, 0.25) is 0 Å². The number of rotatable bonds is 9. The largest absolute Gasteiger partial charge is 0.493 e. The molecule has 36 heavy (non-hydrogen) atoms. The van der Waals surface area contributed by atoms with Crippen LogP contribution in [0.25, 0.3) is 10.9 Å². The number of aryl methyl sites for hydroxylation is 1. The number of thiocarbonyl (C=S) groups is 1. The number of ether oxygens (including phenoxy) is 2. The summed E-state index contributed by atoms with van der Waals surface area (Å²) in [4.78, 5) is 22.1. The normalized spacial score (nSPS) is 10.8. The Balaban J connectivity index is 1.50. The molecule has 0 aliphatic heterocycles. The second-order valence-electron chi connectivity index (χ2n) is 8.60. The molecule has 0 saturated heterocycles. The van der Waals surface area contributed by atoms with Crippen molar-refractivity contribution >= 4 is 28.2 Å². The quantitative estimate of drug-likeness (QED) is 0.329. The van der Waals surface area contributed by atoms with Crippen LogP contribution in [0.4, 0.5) is 0 Å².